The normalized spacial score (nSPS) is 16.4. The number of nitrogens with one attached hydrogen (secondary N) is 1. The number of amides is 1. The number of rotatable bonds is 8. The quantitative estimate of drug-likeness (QED) is 0.261. The van der Waals surface area contributed by atoms with Crippen molar-refractivity contribution in [3.05, 3.63) is 56.7 Å². The maximum Gasteiger partial charge on any atom is 0.283 e. The predicted octanol–water partition coefficient (Wildman–Crippen LogP) is 5.10. The third-order valence-corrected chi connectivity index (χ3v) is 6.90. The third-order valence-electron chi connectivity index (χ3n) is 5.04. The van der Waals surface area contributed by atoms with Crippen LogP contribution in [-0.2, 0) is 4.79 Å². The third kappa shape index (κ3) is 5.12. The highest BCUT2D eigenvalue weighted by Gasteiger charge is 2.35. The second kappa shape index (κ2) is 10.6. The Balaban J connectivity index is 1.50. The number of amidine groups is 2. The molecule has 0 bridgehead atoms. The van der Waals surface area contributed by atoms with E-state index in [9.17, 15) is 4.79 Å². The summed E-state index contributed by atoms with van der Waals surface area (Å²) in [6.07, 6.45) is 2.35. The fourth-order valence-electron chi connectivity index (χ4n) is 3.32. The zero-order valence-corrected chi connectivity index (χ0v) is 21.9. The van der Waals surface area contributed by atoms with Gasteiger partial charge >= 0.3 is 0 Å². The van der Waals surface area contributed by atoms with Crippen LogP contribution in [0.25, 0.3) is 6.08 Å². The van der Waals surface area contributed by atoms with Crippen LogP contribution in [0.15, 0.2) is 52.1 Å². The van der Waals surface area contributed by atoms with Crippen molar-refractivity contribution >= 4 is 62.4 Å². The number of aryl methyl sites for hydroxylation is 1. The molecule has 2 aromatic carbocycles. The molecule has 2 aromatic rings. The summed E-state index contributed by atoms with van der Waals surface area (Å²) >= 11 is 3.48. The van der Waals surface area contributed by atoms with Gasteiger partial charge < -0.3 is 14.2 Å². The average Bonchev–Trinajstić information content (AvgIpc) is 3.24. The summed E-state index contributed by atoms with van der Waals surface area (Å²) in [5, 5.41) is 15.5. The minimum absolute atomic E-state index is 0.00797. The van der Waals surface area contributed by atoms with Crippen LogP contribution in [0.5, 0.6) is 17.2 Å². The minimum Gasteiger partial charge on any atom is -0.493 e. The summed E-state index contributed by atoms with van der Waals surface area (Å²) in [5.41, 5.74) is 1.93. The molecular formula is C24H23IN4O4S. The first-order valence-corrected chi connectivity index (χ1v) is 12.5. The second-order valence-corrected chi connectivity index (χ2v) is 9.57. The fraction of sp³-hybridized carbons (Fsp3) is 0.250. The number of nitrogens with zero attached hydrogens (tertiary/aromatic N) is 3. The summed E-state index contributed by atoms with van der Waals surface area (Å²) < 4.78 is 18.1. The highest BCUT2D eigenvalue weighted by molar-refractivity contribution is 14.1. The summed E-state index contributed by atoms with van der Waals surface area (Å²) in [4.78, 5) is 16.7. The van der Waals surface area contributed by atoms with Crippen LogP contribution in [-0.4, -0.2) is 47.3 Å². The molecule has 0 unspecified atom stereocenters. The Kier molecular flexibility index (Phi) is 7.57. The number of aliphatic imine (C=N–C) groups is 1. The van der Waals surface area contributed by atoms with Gasteiger partial charge in [-0.15, -0.1) is 0 Å². The molecule has 1 N–H and O–H groups in total. The first-order valence-electron chi connectivity index (χ1n) is 10.6. The first kappa shape index (κ1) is 24.3. The van der Waals surface area contributed by atoms with Crippen LogP contribution in [0.4, 0.5) is 0 Å². The molecule has 176 valence electrons. The summed E-state index contributed by atoms with van der Waals surface area (Å²) in [6, 6.07) is 11.5. The summed E-state index contributed by atoms with van der Waals surface area (Å²) in [6.45, 7) is 4.69. The average molecular weight is 590 g/mol. The molecule has 0 saturated carbocycles. The van der Waals surface area contributed by atoms with Crippen LogP contribution < -0.4 is 14.2 Å². The lowest BCUT2D eigenvalue weighted by Gasteiger charge is -2.20. The van der Waals surface area contributed by atoms with E-state index in [1.165, 1.54) is 16.8 Å². The highest BCUT2D eigenvalue weighted by Crippen LogP contribution is 2.35. The molecule has 4 rings (SSSR count). The maximum atomic E-state index is 12.6. The molecule has 2 aliphatic rings. The van der Waals surface area contributed by atoms with Gasteiger partial charge in [-0.3, -0.25) is 10.2 Å². The molecule has 0 atom stereocenters. The van der Waals surface area contributed by atoms with E-state index in [2.05, 4.69) is 32.7 Å². The standard InChI is InChI=1S/C24H23IN4O4S/c1-4-20-28-29-22(26)16(23(30)27-24(29)34-20)11-15-12-17(25)21(19(13-15)31-3)33-10-9-32-18-8-6-5-7-14(18)2/h5-8,11-13,26H,4,9-10H2,1-3H3. The van der Waals surface area contributed by atoms with Gasteiger partial charge in [-0.25, -0.2) is 0 Å². The molecule has 0 radical (unpaired) electrons. The van der Waals surface area contributed by atoms with Crippen molar-refractivity contribution in [1.82, 2.24) is 5.01 Å². The first-order chi connectivity index (χ1) is 16.4. The minimum atomic E-state index is -0.459. The van der Waals surface area contributed by atoms with Gasteiger partial charge in [0.2, 0.25) is 5.17 Å². The molecule has 34 heavy (non-hydrogen) atoms. The maximum absolute atomic E-state index is 12.6. The molecule has 0 spiro atoms. The zero-order valence-electron chi connectivity index (χ0n) is 18.9. The van der Waals surface area contributed by atoms with Gasteiger partial charge in [0.15, 0.2) is 17.3 Å². The molecule has 1 amide bonds. The van der Waals surface area contributed by atoms with Crippen LogP contribution >= 0.6 is 34.4 Å². The number of halogens is 1. The SMILES string of the molecule is CCC1=NN2C(=N)C(=Cc3cc(I)c(OCCOc4ccccc4C)c(OC)c3)C(=O)N=C2S1. The fourth-order valence-corrected chi connectivity index (χ4v) is 4.92. The van der Waals surface area contributed by atoms with Crippen molar-refractivity contribution in [2.45, 2.75) is 20.3 Å². The Bertz CT molecular complexity index is 1240. The van der Waals surface area contributed by atoms with E-state index in [1.54, 1.807) is 19.3 Å². The number of carbonyl (C=O) groups is 1. The summed E-state index contributed by atoms with van der Waals surface area (Å²) in [5.74, 6) is 1.49. The Morgan fingerprint density at radius 2 is 1.94 bits per heavy atom. The zero-order chi connectivity index (χ0) is 24.2. The van der Waals surface area contributed by atoms with Crippen molar-refractivity contribution in [3.8, 4) is 17.2 Å². The van der Waals surface area contributed by atoms with Crippen molar-refractivity contribution in [2.24, 2.45) is 10.1 Å². The largest absolute Gasteiger partial charge is 0.493 e. The van der Waals surface area contributed by atoms with E-state index in [0.717, 1.165) is 19.9 Å². The molecule has 2 heterocycles. The van der Waals surface area contributed by atoms with Gasteiger partial charge in [-0.2, -0.15) is 15.1 Å². The molecule has 0 aliphatic carbocycles. The Labute approximate surface area is 215 Å². The van der Waals surface area contributed by atoms with Gasteiger partial charge in [-0.05, 0) is 83.1 Å². The Morgan fingerprint density at radius 3 is 2.68 bits per heavy atom. The number of para-hydroxylation sites is 1. The van der Waals surface area contributed by atoms with Gasteiger partial charge in [0.1, 0.15) is 24.0 Å². The smallest absolute Gasteiger partial charge is 0.283 e. The second-order valence-electron chi connectivity index (χ2n) is 7.36. The van der Waals surface area contributed by atoms with Crippen molar-refractivity contribution < 1.29 is 19.0 Å². The lowest BCUT2D eigenvalue weighted by molar-refractivity contribution is -0.114. The van der Waals surface area contributed by atoms with Crippen molar-refractivity contribution in [1.29, 1.82) is 5.41 Å². The van der Waals surface area contributed by atoms with E-state index in [4.69, 9.17) is 19.6 Å². The Morgan fingerprint density at radius 1 is 1.18 bits per heavy atom. The number of benzene rings is 2. The van der Waals surface area contributed by atoms with Crippen LogP contribution in [0.1, 0.15) is 24.5 Å². The molecule has 0 aromatic heterocycles. The van der Waals surface area contributed by atoms with E-state index in [0.29, 0.717) is 41.9 Å². The number of carbonyl (C=O) groups excluding carboxylic acids is 1. The number of ether oxygens (including phenoxy) is 3. The van der Waals surface area contributed by atoms with Crippen molar-refractivity contribution in [2.75, 3.05) is 20.3 Å². The van der Waals surface area contributed by atoms with Gasteiger partial charge in [-0.1, -0.05) is 25.1 Å². The van der Waals surface area contributed by atoms with Gasteiger partial charge in [0, 0.05) is 0 Å². The van der Waals surface area contributed by atoms with Gasteiger partial charge in [0.25, 0.3) is 5.91 Å². The monoisotopic (exact) mass is 590 g/mol. The summed E-state index contributed by atoms with van der Waals surface area (Å²) in [7, 11) is 1.56. The molecular weight excluding hydrogens is 567 g/mol. The van der Waals surface area contributed by atoms with Crippen molar-refractivity contribution in [3.63, 3.8) is 0 Å². The lowest BCUT2D eigenvalue weighted by atomic mass is 10.1. The molecule has 0 saturated heterocycles. The number of hydrogen-bond acceptors (Lipinski definition) is 7. The van der Waals surface area contributed by atoms with Crippen LogP contribution in [0.3, 0.4) is 0 Å². The molecule has 8 nitrogen and oxygen atoms in total. The molecule has 0 fully saturated rings. The molecule has 2 aliphatic heterocycles. The van der Waals surface area contributed by atoms with E-state index < -0.39 is 5.91 Å². The topological polar surface area (TPSA) is 96.6 Å². The Hall–Kier alpha value is -2.86. The van der Waals surface area contributed by atoms with Crippen LogP contribution in [0, 0.1) is 15.9 Å². The predicted molar refractivity (Wildman–Crippen MR) is 143 cm³/mol. The van der Waals surface area contributed by atoms with E-state index in [1.807, 2.05) is 44.2 Å². The van der Waals surface area contributed by atoms with E-state index >= 15 is 0 Å². The number of methoxy groups -OCH3 is 1. The number of thioether (sulfide) groups is 1. The number of hydrazone groups is 1. The number of hydrogen-bond donors (Lipinski definition) is 1. The molecule has 10 heteroatoms. The van der Waals surface area contributed by atoms with Crippen LogP contribution in [0.2, 0.25) is 0 Å². The highest BCUT2D eigenvalue weighted by atomic mass is 127. The number of fused-ring (bicyclic) bond motifs is 1. The lowest BCUT2D eigenvalue weighted by Crippen LogP contribution is -2.35. The van der Waals surface area contributed by atoms with Gasteiger partial charge in [0.05, 0.1) is 16.3 Å². The van der Waals surface area contributed by atoms with E-state index in [-0.39, 0.29) is 11.4 Å².